The number of fused-ring (bicyclic) bond motifs is 2. The van der Waals surface area contributed by atoms with Crippen LogP contribution in [0, 0.1) is 0 Å². The van der Waals surface area contributed by atoms with E-state index in [2.05, 4.69) is 74.8 Å². The summed E-state index contributed by atoms with van der Waals surface area (Å²) in [6.45, 7) is 6.64. The van der Waals surface area contributed by atoms with E-state index in [1.807, 2.05) is 18.2 Å². The molecule has 2 heterocycles. The van der Waals surface area contributed by atoms with Gasteiger partial charge in [0.25, 0.3) is 0 Å². The first-order chi connectivity index (χ1) is 10.9. The Morgan fingerprint density at radius 2 is 1.39 bits per heavy atom. The molecule has 23 heavy (non-hydrogen) atoms. The Morgan fingerprint density at radius 1 is 0.826 bits per heavy atom. The number of benzene rings is 2. The van der Waals surface area contributed by atoms with E-state index in [1.54, 1.807) is 12.7 Å². The number of hydrogen-bond donors (Lipinski definition) is 2. The van der Waals surface area contributed by atoms with E-state index in [0.717, 1.165) is 26.5 Å². The Morgan fingerprint density at radius 3 is 2.00 bits per heavy atom. The molecule has 0 spiro atoms. The Balaban J connectivity index is 0.000000140. The fraction of sp³-hybridized carbons (Fsp3) is 0.222. The summed E-state index contributed by atoms with van der Waals surface area (Å²) in [5.41, 5.74) is 5.77. The van der Waals surface area contributed by atoms with Gasteiger partial charge in [0, 0.05) is 4.47 Å². The third-order valence-electron chi connectivity index (χ3n) is 3.67. The lowest BCUT2D eigenvalue weighted by atomic mass is 9.87. The van der Waals surface area contributed by atoms with Crippen molar-refractivity contribution in [1.82, 2.24) is 19.9 Å². The Hall–Kier alpha value is -2.14. The highest BCUT2D eigenvalue weighted by atomic mass is 79.9. The highest BCUT2D eigenvalue weighted by molar-refractivity contribution is 9.10. The minimum Gasteiger partial charge on any atom is -0.345 e. The lowest BCUT2D eigenvalue weighted by molar-refractivity contribution is 0.591. The average molecular weight is 371 g/mol. The molecule has 0 aliphatic carbocycles. The predicted octanol–water partition coefficient (Wildman–Crippen LogP) is 5.19. The molecule has 0 fully saturated rings. The number of hydrogen-bond acceptors (Lipinski definition) is 2. The molecule has 0 saturated heterocycles. The van der Waals surface area contributed by atoms with Crippen molar-refractivity contribution in [3.05, 3.63) is 59.1 Å². The van der Waals surface area contributed by atoms with E-state index in [4.69, 9.17) is 0 Å². The number of aromatic nitrogens is 4. The fourth-order valence-electron chi connectivity index (χ4n) is 2.31. The van der Waals surface area contributed by atoms with Gasteiger partial charge < -0.3 is 9.97 Å². The van der Waals surface area contributed by atoms with Crippen LogP contribution in [-0.2, 0) is 5.41 Å². The van der Waals surface area contributed by atoms with Gasteiger partial charge in [0.1, 0.15) is 0 Å². The lowest BCUT2D eigenvalue weighted by Crippen LogP contribution is -2.10. The van der Waals surface area contributed by atoms with E-state index >= 15 is 0 Å². The van der Waals surface area contributed by atoms with E-state index in [9.17, 15) is 0 Å². The topological polar surface area (TPSA) is 57.4 Å². The number of nitrogens with zero attached hydrogens (tertiary/aromatic N) is 2. The van der Waals surface area contributed by atoms with Gasteiger partial charge in [-0.25, -0.2) is 9.97 Å². The van der Waals surface area contributed by atoms with Crippen molar-refractivity contribution in [2.75, 3.05) is 0 Å². The van der Waals surface area contributed by atoms with Crippen LogP contribution in [0.2, 0.25) is 0 Å². The van der Waals surface area contributed by atoms with E-state index in [-0.39, 0.29) is 5.41 Å². The van der Waals surface area contributed by atoms with Gasteiger partial charge in [0.15, 0.2) is 0 Å². The molecule has 4 rings (SSSR count). The molecule has 118 valence electrons. The third-order valence-corrected chi connectivity index (χ3v) is 4.16. The highest BCUT2D eigenvalue weighted by Gasteiger charge is 2.13. The molecular formula is C18H19BrN4. The van der Waals surface area contributed by atoms with Crippen molar-refractivity contribution in [3.63, 3.8) is 0 Å². The van der Waals surface area contributed by atoms with Crippen LogP contribution in [-0.4, -0.2) is 19.9 Å². The maximum atomic E-state index is 4.19. The number of aromatic amines is 2. The Kier molecular flexibility index (Phi) is 4.22. The summed E-state index contributed by atoms with van der Waals surface area (Å²) < 4.78 is 1.07. The van der Waals surface area contributed by atoms with Crippen LogP contribution in [0.4, 0.5) is 0 Å². The van der Waals surface area contributed by atoms with Crippen molar-refractivity contribution in [1.29, 1.82) is 0 Å². The van der Waals surface area contributed by atoms with E-state index < -0.39 is 0 Å². The molecule has 0 atom stereocenters. The maximum absolute atomic E-state index is 4.19. The Labute approximate surface area is 143 Å². The molecule has 0 radical (unpaired) electrons. The molecule has 0 amide bonds. The first kappa shape index (κ1) is 15.7. The zero-order chi connectivity index (χ0) is 16.4. The van der Waals surface area contributed by atoms with Crippen molar-refractivity contribution >= 4 is 38.0 Å². The van der Waals surface area contributed by atoms with E-state index in [0.29, 0.717) is 0 Å². The fourth-order valence-corrected chi connectivity index (χ4v) is 2.67. The molecule has 0 saturated carbocycles. The average Bonchev–Trinajstić information content (AvgIpc) is 3.14. The minimum absolute atomic E-state index is 0.208. The molecule has 0 aliphatic rings. The molecular weight excluding hydrogens is 352 g/mol. The molecule has 0 bridgehead atoms. The van der Waals surface area contributed by atoms with E-state index in [1.165, 1.54) is 5.56 Å². The smallest absolute Gasteiger partial charge is 0.0931 e. The number of imidazole rings is 2. The van der Waals surface area contributed by atoms with Crippen LogP contribution in [0.3, 0.4) is 0 Å². The molecule has 2 aromatic heterocycles. The SMILES string of the molecule is Brc1ccc2nc[nH]c2c1.CC(C)(C)c1ccc2nc[nH]c2c1. The summed E-state index contributed by atoms with van der Waals surface area (Å²) in [6.07, 6.45) is 3.42. The zero-order valence-electron chi connectivity index (χ0n) is 13.4. The summed E-state index contributed by atoms with van der Waals surface area (Å²) in [5, 5.41) is 0. The zero-order valence-corrected chi connectivity index (χ0v) is 15.0. The van der Waals surface area contributed by atoms with Crippen molar-refractivity contribution in [2.45, 2.75) is 26.2 Å². The summed E-state index contributed by atoms with van der Waals surface area (Å²) in [6, 6.07) is 12.3. The molecule has 4 nitrogen and oxygen atoms in total. The molecule has 2 aromatic carbocycles. The van der Waals surface area contributed by atoms with Gasteiger partial charge in [-0.2, -0.15) is 0 Å². The second kappa shape index (κ2) is 6.16. The second-order valence-corrected chi connectivity index (χ2v) is 7.36. The maximum Gasteiger partial charge on any atom is 0.0931 e. The van der Waals surface area contributed by atoms with Crippen LogP contribution in [0.1, 0.15) is 26.3 Å². The normalized spacial score (nSPS) is 11.5. The van der Waals surface area contributed by atoms with Gasteiger partial charge in [-0.15, -0.1) is 0 Å². The molecule has 4 aromatic rings. The standard InChI is InChI=1S/C11H14N2.C7H5BrN2/c1-11(2,3)8-4-5-9-10(6-8)13-7-12-9;8-5-1-2-6-7(3-5)10-4-9-6/h4-7H,1-3H3,(H,12,13);1-4H,(H,9,10). The predicted molar refractivity (Wildman–Crippen MR) is 98.6 cm³/mol. The first-order valence-corrected chi connectivity index (χ1v) is 8.25. The summed E-state index contributed by atoms with van der Waals surface area (Å²) >= 11 is 3.37. The molecule has 2 N–H and O–H groups in total. The van der Waals surface area contributed by atoms with Gasteiger partial charge in [-0.1, -0.05) is 42.8 Å². The quantitative estimate of drug-likeness (QED) is 0.447. The van der Waals surface area contributed by atoms with Gasteiger partial charge in [-0.3, -0.25) is 0 Å². The number of halogens is 1. The minimum atomic E-state index is 0.208. The second-order valence-electron chi connectivity index (χ2n) is 6.45. The molecule has 0 aliphatic heterocycles. The van der Waals surface area contributed by atoms with Crippen LogP contribution in [0.25, 0.3) is 22.1 Å². The molecule has 0 unspecified atom stereocenters. The van der Waals surface area contributed by atoms with Gasteiger partial charge >= 0.3 is 0 Å². The summed E-state index contributed by atoms with van der Waals surface area (Å²) in [7, 11) is 0. The number of nitrogens with one attached hydrogen (secondary N) is 2. The first-order valence-electron chi connectivity index (χ1n) is 7.46. The molecule has 5 heteroatoms. The van der Waals surface area contributed by atoms with Gasteiger partial charge in [-0.05, 0) is 41.3 Å². The van der Waals surface area contributed by atoms with Gasteiger partial charge in [0.05, 0.1) is 34.7 Å². The lowest BCUT2D eigenvalue weighted by Gasteiger charge is -2.18. The monoisotopic (exact) mass is 370 g/mol. The summed E-state index contributed by atoms with van der Waals surface area (Å²) in [5.74, 6) is 0. The van der Waals surface area contributed by atoms with Crippen LogP contribution in [0.5, 0.6) is 0 Å². The summed E-state index contributed by atoms with van der Waals surface area (Å²) in [4.78, 5) is 14.4. The third kappa shape index (κ3) is 3.62. The van der Waals surface area contributed by atoms with Crippen molar-refractivity contribution in [2.24, 2.45) is 0 Å². The highest BCUT2D eigenvalue weighted by Crippen LogP contribution is 2.24. The van der Waals surface area contributed by atoms with Gasteiger partial charge in [0.2, 0.25) is 0 Å². The van der Waals surface area contributed by atoms with Crippen LogP contribution >= 0.6 is 15.9 Å². The van der Waals surface area contributed by atoms with Crippen LogP contribution in [0.15, 0.2) is 53.5 Å². The number of rotatable bonds is 0. The number of H-pyrrole nitrogens is 2. The Bertz CT molecular complexity index is 931. The van der Waals surface area contributed by atoms with Crippen LogP contribution < -0.4 is 0 Å². The van der Waals surface area contributed by atoms with Crippen molar-refractivity contribution < 1.29 is 0 Å². The largest absolute Gasteiger partial charge is 0.345 e. The van der Waals surface area contributed by atoms with Crippen molar-refractivity contribution in [3.8, 4) is 0 Å².